The molecule has 2 aromatic carbocycles. The van der Waals surface area contributed by atoms with E-state index in [1.165, 1.54) is 0 Å². The van der Waals surface area contributed by atoms with Gasteiger partial charge in [0.2, 0.25) is 11.8 Å². The number of amides is 7. The number of nitrogens with zero attached hydrogens (tertiary/aromatic N) is 2. The molecule has 1 aliphatic carbocycles. The molecule has 11 nitrogen and oxygen atoms in total. The van der Waals surface area contributed by atoms with Gasteiger partial charge in [-0.15, -0.1) is 0 Å². The average molecular weight is 591 g/mol. The molecule has 2 aromatic rings. The molecule has 2 fully saturated rings. The number of rotatable bonds is 11. The molecular formula is C32H42N6O5. The zero-order valence-electron chi connectivity index (χ0n) is 25.1. The summed E-state index contributed by atoms with van der Waals surface area (Å²) in [4.78, 5) is 68.3. The number of urea groups is 2. The van der Waals surface area contributed by atoms with Crippen LogP contribution in [0.25, 0.3) is 0 Å². The topological polar surface area (TPSA) is 154 Å². The Morgan fingerprint density at radius 2 is 1.49 bits per heavy atom. The summed E-state index contributed by atoms with van der Waals surface area (Å²) in [5.41, 5.74) is 6.32. The van der Waals surface area contributed by atoms with Gasteiger partial charge in [-0.1, -0.05) is 63.4 Å². The number of hydrogen-bond donors (Lipinski definition) is 4. The van der Waals surface area contributed by atoms with Crippen molar-refractivity contribution in [2.24, 2.45) is 11.7 Å². The van der Waals surface area contributed by atoms with E-state index in [-0.39, 0.29) is 30.8 Å². The summed E-state index contributed by atoms with van der Waals surface area (Å²) in [6.07, 6.45) is 3.89. The quantitative estimate of drug-likeness (QED) is 0.282. The predicted molar refractivity (Wildman–Crippen MR) is 164 cm³/mol. The third-order valence-corrected chi connectivity index (χ3v) is 8.04. The maximum Gasteiger partial charge on any atom is 0.328 e. The van der Waals surface area contributed by atoms with E-state index >= 15 is 0 Å². The number of nitrogens with two attached hydrogens (primary N) is 1. The van der Waals surface area contributed by atoms with Crippen molar-refractivity contribution in [1.82, 2.24) is 15.1 Å². The van der Waals surface area contributed by atoms with Crippen LogP contribution in [0.1, 0.15) is 71.3 Å². The molecule has 1 heterocycles. The molecule has 1 saturated heterocycles. The van der Waals surface area contributed by atoms with Crippen LogP contribution in [0.2, 0.25) is 0 Å². The zero-order valence-corrected chi connectivity index (χ0v) is 25.1. The molecule has 0 bridgehead atoms. The van der Waals surface area contributed by atoms with Crippen molar-refractivity contribution in [1.29, 1.82) is 0 Å². The third kappa shape index (κ3) is 7.52. The summed E-state index contributed by atoms with van der Waals surface area (Å²) in [5.74, 6) is -1.33. The van der Waals surface area contributed by atoms with E-state index in [1.54, 1.807) is 36.1 Å². The fourth-order valence-electron chi connectivity index (χ4n) is 6.01. The standard InChI is InChI=1S/C32H42N6O5/c1-21(2)18-26(28(40)34-22(3)19-27(33)39)38-29(41)32(16-8-5-9-17-32)37(31(38)43)20-23-12-14-25(15-13-23)36-30(42)35-24-10-6-4-7-11-24/h4,6-7,10-15,21-22,26H,5,8-9,16-20H2,1-3H3,(H2,33,39)(H,34,40)(H2,35,36,42). The van der Waals surface area contributed by atoms with Crippen LogP contribution in [-0.2, 0) is 20.9 Å². The van der Waals surface area contributed by atoms with Gasteiger partial charge in [0.25, 0.3) is 5.91 Å². The largest absolute Gasteiger partial charge is 0.370 e. The number of anilines is 2. The van der Waals surface area contributed by atoms with Gasteiger partial charge in [-0.25, -0.2) is 14.5 Å². The Morgan fingerprint density at radius 1 is 0.884 bits per heavy atom. The van der Waals surface area contributed by atoms with Crippen LogP contribution in [0.3, 0.4) is 0 Å². The molecule has 7 amide bonds. The smallest absolute Gasteiger partial charge is 0.328 e. The van der Waals surface area contributed by atoms with Crippen LogP contribution in [0.15, 0.2) is 54.6 Å². The SMILES string of the molecule is CC(C)CC(C(=O)NC(C)CC(N)=O)N1C(=O)N(Cc2ccc(NC(=O)Nc3ccccc3)cc2)C2(CCCCC2)C1=O. The highest BCUT2D eigenvalue weighted by Crippen LogP contribution is 2.42. The van der Waals surface area contributed by atoms with Crippen LogP contribution in [0.4, 0.5) is 21.0 Å². The lowest BCUT2D eigenvalue weighted by Gasteiger charge is -2.38. The number of para-hydroxylation sites is 1. The second kappa shape index (κ2) is 13.7. The molecular weight excluding hydrogens is 548 g/mol. The minimum absolute atomic E-state index is 0.0262. The molecule has 230 valence electrons. The van der Waals surface area contributed by atoms with Gasteiger partial charge in [-0.05, 0) is 61.9 Å². The molecule has 1 spiro atoms. The first-order valence-corrected chi connectivity index (χ1v) is 15.0. The Balaban J connectivity index is 1.54. The highest BCUT2D eigenvalue weighted by Gasteiger charge is 2.59. The van der Waals surface area contributed by atoms with Gasteiger partial charge in [-0.2, -0.15) is 0 Å². The van der Waals surface area contributed by atoms with Crippen molar-refractivity contribution in [3.05, 3.63) is 60.2 Å². The lowest BCUT2D eigenvalue weighted by molar-refractivity contribution is -0.141. The molecule has 2 unspecified atom stereocenters. The fraction of sp³-hybridized carbons (Fsp3) is 0.469. The van der Waals surface area contributed by atoms with Crippen LogP contribution in [0.5, 0.6) is 0 Å². The van der Waals surface area contributed by atoms with Crippen LogP contribution < -0.4 is 21.7 Å². The monoisotopic (exact) mass is 590 g/mol. The molecule has 0 radical (unpaired) electrons. The third-order valence-electron chi connectivity index (χ3n) is 8.04. The second-order valence-corrected chi connectivity index (χ2v) is 12.0. The van der Waals surface area contributed by atoms with Gasteiger partial charge in [0, 0.05) is 30.4 Å². The molecule has 2 atom stereocenters. The van der Waals surface area contributed by atoms with E-state index in [9.17, 15) is 24.0 Å². The molecule has 0 aromatic heterocycles. The van der Waals surface area contributed by atoms with Crippen molar-refractivity contribution in [2.45, 2.75) is 89.9 Å². The molecule has 11 heteroatoms. The summed E-state index contributed by atoms with van der Waals surface area (Å²) in [6, 6.07) is 13.8. The maximum absolute atomic E-state index is 14.2. The van der Waals surface area contributed by atoms with E-state index in [1.807, 2.05) is 44.2 Å². The van der Waals surface area contributed by atoms with Crippen LogP contribution in [-0.4, -0.2) is 57.2 Å². The number of benzene rings is 2. The second-order valence-electron chi connectivity index (χ2n) is 12.0. The normalized spacial score (nSPS) is 17.6. The number of carbonyl (C=O) groups is 5. The van der Waals surface area contributed by atoms with Crippen molar-refractivity contribution in [3.63, 3.8) is 0 Å². The lowest BCUT2D eigenvalue weighted by Crippen LogP contribution is -2.54. The van der Waals surface area contributed by atoms with Crippen LogP contribution in [0, 0.1) is 5.92 Å². The Morgan fingerprint density at radius 3 is 2.07 bits per heavy atom. The van der Waals surface area contributed by atoms with E-state index in [4.69, 9.17) is 5.73 Å². The number of nitrogens with one attached hydrogen (secondary N) is 3. The molecule has 1 saturated carbocycles. The van der Waals surface area contributed by atoms with Crippen molar-refractivity contribution in [2.75, 3.05) is 10.6 Å². The van der Waals surface area contributed by atoms with E-state index in [0.29, 0.717) is 30.6 Å². The Labute approximate surface area is 252 Å². The van der Waals surface area contributed by atoms with Gasteiger partial charge >= 0.3 is 12.1 Å². The molecule has 1 aliphatic heterocycles. The number of hydrogen-bond acceptors (Lipinski definition) is 5. The van der Waals surface area contributed by atoms with Crippen LogP contribution >= 0.6 is 0 Å². The van der Waals surface area contributed by atoms with Gasteiger partial charge in [-0.3, -0.25) is 14.4 Å². The Kier molecular flexibility index (Phi) is 10.1. The highest BCUT2D eigenvalue weighted by atomic mass is 16.2. The summed E-state index contributed by atoms with van der Waals surface area (Å²) >= 11 is 0. The lowest BCUT2D eigenvalue weighted by atomic mass is 9.80. The molecule has 2 aliphatic rings. The number of imide groups is 1. The van der Waals surface area contributed by atoms with Crippen molar-refractivity contribution in [3.8, 4) is 0 Å². The van der Waals surface area contributed by atoms with Gasteiger partial charge < -0.3 is 26.6 Å². The van der Waals surface area contributed by atoms with Gasteiger partial charge in [0.15, 0.2) is 0 Å². The minimum Gasteiger partial charge on any atom is -0.370 e. The maximum atomic E-state index is 14.2. The summed E-state index contributed by atoms with van der Waals surface area (Å²) < 4.78 is 0. The average Bonchev–Trinajstić information content (AvgIpc) is 3.13. The summed E-state index contributed by atoms with van der Waals surface area (Å²) in [7, 11) is 0. The predicted octanol–water partition coefficient (Wildman–Crippen LogP) is 4.59. The minimum atomic E-state index is -1.02. The zero-order chi connectivity index (χ0) is 31.1. The van der Waals surface area contributed by atoms with Gasteiger partial charge in [0.05, 0.1) is 0 Å². The highest BCUT2D eigenvalue weighted by molar-refractivity contribution is 6.10. The first-order chi connectivity index (χ1) is 20.5. The fourth-order valence-corrected chi connectivity index (χ4v) is 6.01. The molecule has 5 N–H and O–H groups in total. The summed E-state index contributed by atoms with van der Waals surface area (Å²) in [5, 5.41) is 8.35. The first kappa shape index (κ1) is 31.5. The Hall–Kier alpha value is -4.41. The summed E-state index contributed by atoms with van der Waals surface area (Å²) in [6.45, 7) is 5.72. The Bertz CT molecular complexity index is 1320. The van der Waals surface area contributed by atoms with Crippen molar-refractivity contribution < 1.29 is 24.0 Å². The van der Waals surface area contributed by atoms with Gasteiger partial charge in [0.1, 0.15) is 11.6 Å². The van der Waals surface area contributed by atoms with Crippen molar-refractivity contribution >= 4 is 41.2 Å². The van der Waals surface area contributed by atoms with E-state index in [0.717, 1.165) is 29.7 Å². The molecule has 43 heavy (non-hydrogen) atoms. The van der Waals surface area contributed by atoms with E-state index in [2.05, 4.69) is 16.0 Å². The number of carbonyl (C=O) groups excluding carboxylic acids is 5. The first-order valence-electron chi connectivity index (χ1n) is 15.0. The van der Waals surface area contributed by atoms with E-state index < -0.39 is 35.5 Å². The number of primary amides is 1. The molecule has 4 rings (SSSR count).